The molecule has 0 aliphatic heterocycles. The first-order valence-electron chi connectivity index (χ1n) is 6.78. The summed E-state index contributed by atoms with van der Waals surface area (Å²) in [5.74, 6) is -1.26. The number of amides is 1. The Morgan fingerprint density at radius 3 is 2.40 bits per heavy atom. The number of benzene rings is 1. The molecule has 0 bridgehead atoms. The van der Waals surface area contributed by atoms with Crippen LogP contribution in [-0.4, -0.2) is 23.0 Å². The molecule has 5 nitrogen and oxygen atoms in total. The van der Waals surface area contributed by atoms with Crippen LogP contribution in [0.1, 0.15) is 43.4 Å². The quantitative estimate of drug-likeness (QED) is 0.708. The maximum atomic E-state index is 12.1. The summed E-state index contributed by atoms with van der Waals surface area (Å²) < 4.78 is 0. The number of carboxylic acids is 1. The fourth-order valence-corrected chi connectivity index (χ4v) is 2.00. The summed E-state index contributed by atoms with van der Waals surface area (Å²) in [6.07, 6.45) is 1.34. The number of aliphatic carboxylic acids is 1. The minimum Gasteiger partial charge on any atom is -0.481 e. The fraction of sp³-hybridized carbons (Fsp3) is 0.467. The van der Waals surface area contributed by atoms with Crippen LogP contribution in [0, 0.1) is 6.92 Å². The smallest absolute Gasteiger partial charge is 0.305 e. The molecule has 0 saturated carbocycles. The van der Waals surface area contributed by atoms with Gasteiger partial charge in [-0.05, 0) is 18.9 Å². The molecule has 1 aromatic carbocycles. The van der Waals surface area contributed by atoms with Crippen LogP contribution in [0.2, 0.25) is 0 Å². The van der Waals surface area contributed by atoms with Crippen molar-refractivity contribution in [3.05, 3.63) is 35.4 Å². The Hall–Kier alpha value is -1.88. The average Bonchev–Trinajstić information content (AvgIpc) is 2.38. The Morgan fingerprint density at radius 2 is 1.90 bits per heavy atom. The normalized spacial score (nSPS) is 13.6. The number of hydrogen-bond donors (Lipinski definition) is 3. The summed E-state index contributed by atoms with van der Waals surface area (Å²) in [6, 6.07) is 6.26. The molecule has 110 valence electrons. The molecule has 20 heavy (non-hydrogen) atoms. The van der Waals surface area contributed by atoms with E-state index in [1.54, 1.807) is 0 Å². The zero-order valence-electron chi connectivity index (χ0n) is 11.9. The van der Waals surface area contributed by atoms with E-state index in [9.17, 15) is 9.59 Å². The van der Waals surface area contributed by atoms with E-state index in [2.05, 4.69) is 5.32 Å². The van der Waals surface area contributed by atoms with E-state index in [0.29, 0.717) is 6.42 Å². The number of nitrogens with one attached hydrogen (secondary N) is 1. The Labute approximate surface area is 119 Å². The summed E-state index contributed by atoms with van der Waals surface area (Å²) in [4.78, 5) is 22.8. The van der Waals surface area contributed by atoms with Crippen LogP contribution in [0.15, 0.2) is 24.3 Å². The molecule has 4 N–H and O–H groups in total. The molecular weight excluding hydrogens is 256 g/mol. The summed E-state index contributed by atoms with van der Waals surface area (Å²) in [5, 5.41) is 11.5. The first-order valence-corrected chi connectivity index (χ1v) is 6.78. The lowest BCUT2D eigenvalue weighted by molar-refractivity contribution is -0.137. The molecule has 2 unspecified atom stereocenters. The number of carbonyl (C=O) groups is 2. The minimum atomic E-state index is -0.923. The van der Waals surface area contributed by atoms with Crippen LogP contribution in [0.5, 0.6) is 0 Å². The largest absolute Gasteiger partial charge is 0.481 e. The van der Waals surface area contributed by atoms with Gasteiger partial charge in [0, 0.05) is 6.04 Å². The van der Waals surface area contributed by atoms with Gasteiger partial charge in [-0.2, -0.15) is 0 Å². The van der Waals surface area contributed by atoms with Crippen LogP contribution < -0.4 is 11.1 Å². The van der Waals surface area contributed by atoms with Crippen molar-refractivity contribution < 1.29 is 14.7 Å². The highest BCUT2D eigenvalue weighted by atomic mass is 16.4. The van der Waals surface area contributed by atoms with Crippen LogP contribution in [0.25, 0.3) is 0 Å². The average molecular weight is 278 g/mol. The highest BCUT2D eigenvalue weighted by molar-refractivity contribution is 5.83. The fourth-order valence-electron chi connectivity index (χ4n) is 2.00. The monoisotopic (exact) mass is 278 g/mol. The van der Waals surface area contributed by atoms with Gasteiger partial charge in [-0.25, -0.2) is 0 Å². The van der Waals surface area contributed by atoms with E-state index in [0.717, 1.165) is 17.5 Å². The highest BCUT2D eigenvalue weighted by Crippen LogP contribution is 2.12. The number of rotatable bonds is 7. The van der Waals surface area contributed by atoms with Gasteiger partial charge < -0.3 is 16.2 Å². The lowest BCUT2D eigenvalue weighted by Crippen LogP contribution is -2.41. The molecule has 0 saturated heterocycles. The summed E-state index contributed by atoms with van der Waals surface area (Å²) in [7, 11) is 0. The Morgan fingerprint density at radius 1 is 1.30 bits per heavy atom. The number of carbonyl (C=O) groups excluding carboxylic acids is 1. The van der Waals surface area contributed by atoms with E-state index in [1.165, 1.54) is 0 Å². The topological polar surface area (TPSA) is 92.4 Å². The van der Waals surface area contributed by atoms with E-state index < -0.39 is 12.0 Å². The molecule has 0 aliphatic rings. The zero-order chi connectivity index (χ0) is 15.1. The third-order valence-corrected chi connectivity index (χ3v) is 3.12. The van der Waals surface area contributed by atoms with E-state index in [-0.39, 0.29) is 18.4 Å². The van der Waals surface area contributed by atoms with Crippen molar-refractivity contribution in [1.29, 1.82) is 0 Å². The standard InChI is InChI=1S/C15H22N2O3/c1-3-4-12(9-13(18)19)17-15(20)14(16)11-7-5-10(2)6-8-11/h5-8,12,14H,3-4,9,16H2,1-2H3,(H,17,20)(H,18,19). The first kappa shape index (κ1) is 16.2. The molecule has 1 rings (SSSR count). The van der Waals surface area contributed by atoms with E-state index in [4.69, 9.17) is 10.8 Å². The van der Waals surface area contributed by atoms with Gasteiger partial charge in [0.1, 0.15) is 6.04 Å². The first-order chi connectivity index (χ1) is 9.43. The van der Waals surface area contributed by atoms with Crippen LogP contribution in [0.4, 0.5) is 0 Å². The van der Waals surface area contributed by atoms with Gasteiger partial charge in [0.05, 0.1) is 6.42 Å². The molecule has 0 spiro atoms. The number of nitrogens with two attached hydrogens (primary N) is 1. The molecule has 5 heteroatoms. The van der Waals surface area contributed by atoms with E-state index in [1.807, 2.05) is 38.1 Å². The lowest BCUT2D eigenvalue weighted by Gasteiger charge is -2.19. The van der Waals surface area contributed by atoms with Crippen LogP contribution >= 0.6 is 0 Å². The van der Waals surface area contributed by atoms with Crippen molar-refractivity contribution in [2.45, 2.75) is 45.2 Å². The van der Waals surface area contributed by atoms with Crippen molar-refractivity contribution in [2.24, 2.45) is 5.73 Å². The second kappa shape index (κ2) is 7.65. The maximum Gasteiger partial charge on any atom is 0.305 e. The molecule has 0 aromatic heterocycles. The van der Waals surface area contributed by atoms with Crippen molar-refractivity contribution in [2.75, 3.05) is 0 Å². The van der Waals surface area contributed by atoms with Crippen LogP contribution in [0.3, 0.4) is 0 Å². The second-order valence-corrected chi connectivity index (χ2v) is 4.98. The summed E-state index contributed by atoms with van der Waals surface area (Å²) >= 11 is 0. The molecule has 0 radical (unpaired) electrons. The molecule has 1 aromatic rings. The molecule has 2 atom stereocenters. The van der Waals surface area contributed by atoms with Gasteiger partial charge in [-0.15, -0.1) is 0 Å². The van der Waals surface area contributed by atoms with Crippen LogP contribution in [-0.2, 0) is 9.59 Å². The van der Waals surface area contributed by atoms with Gasteiger partial charge in [0.2, 0.25) is 5.91 Å². The Bertz CT molecular complexity index is 457. The molecule has 0 heterocycles. The maximum absolute atomic E-state index is 12.1. The number of hydrogen-bond acceptors (Lipinski definition) is 3. The predicted octanol–water partition coefficient (Wildman–Crippen LogP) is 1.75. The molecule has 1 amide bonds. The van der Waals surface area contributed by atoms with E-state index >= 15 is 0 Å². The van der Waals surface area contributed by atoms with Gasteiger partial charge in [0.15, 0.2) is 0 Å². The van der Waals surface area contributed by atoms with Crippen molar-refractivity contribution in [1.82, 2.24) is 5.32 Å². The van der Waals surface area contributed by atoms with Crippen molar-refractivity contribution in [3.63, 3.8) is 0 Å². The third kappa shape index (κ3) is 5.01. The lowest BCUT2D eigenvalue weighted by atomic mass is 10.0. The molecule has 0 fully saturated rings. The van der Waals surface area contributed by atoms with Gasteiger partial charge in [0.25, 0.3) is 0 Å². The van der Waals surface area contributed by atoms with Crippen molar-refractivity contribution >= 4 is 11.9 Å². The Balaban J connectivity index is 2.67. The van der Waals surface area contributed by atoms with Gasteiger partial charge in [-0.3, -0.25) is 9.59 Å². The zero-order valence-corrected chi connectivity index (χ0v) is 11.9. The van der Waals surface area contributed by atoms with Gasteiger partial charge in [-0.1, -0.05) is 43.2 Å². The van der Waals surface area contributed by atoms with Crippen molar-refractivity contribution in [3.8, 4) is 0 Å². The highest BCUT2D eigenvalue weighted by Gasteiger charge is 2.20. The summed E-state index contributed by atoms with van der Waals surface area (Å²) in [6.45, 7) is 3.90. The molecule has 0 aliphatic carbocycles. The SMILES string of the molecule is CCCC(CC(=O)O)NC(=O)C(N)c1ccc(C)cc1. The molecular formula is C15H22N2O3. The number of carboxylic acid groups (broad SMARTS) is 1. The minimum absolute atomic E-state index is 0.0831. The Kier molecular flexibility index (Phi) is 6.18. The second-order valence-electron chi connectivity index (χ2n) is 4.98. The predicted molar refractivity (Wildman–Crippen MR) is 77.2 cm³/mol. The number of aryl methyl sites for hydroxylation is 1. The summed E-state index contributed by atoms with van der Waals surface area (Å²) in [5.41, 5.74) is 7.72. The van der Waals surface area contributed by atoms with Gasteiger partial charge >= 0.3 is 5.97 Å². The third-order valence-electron chi connectivity index (χ3n) is 3.12.